The van der Waals surface area contributed by atoms with E-state index in [4.69, 9.17) is 25.8 Å². The summed E-state index contributed by atoms with van der Waals surface area (Å²) in [5.74, 6) is -0.620. The SMILES string of the molecule is CCOc1ccccc1NC(=O)C(=O)Nc1cc(OC)c(Cl)cc1OC. The zero-order chi connectivity index (χ0) is 19.1. The first kappa shape index (κ1) is 19.4. The van der Waals surface area contributed by atoms with Gasteiger partial charge in [-0.2, -0.15) is 0 Å². The van der Waals surface area contributed by atoms with Crippen LogP contribution in [0.4, 0.5) is 11.4 Å². The molecular weight excluding hydrogens is 360 g/mol. The van der Waals surface area contributed by atoms with Crippen LogP contribution in [0.5, 0.6) is 17.2 Å². The Morgan fingerprint density at radius 3 is 2.15 bits per heavy atom. The highest BCUT2D eigenvalue weighted by atomic mass is 35.5. The van der Waals surface area contributed by atoms with Crippen molar-refractivity contribution in [2.24, 2.45) is 0 Å². The fraction of sp³-hybridized carbons (Fsp3) is 0.222. The summed E-state index contributed by atoms with van der Waals surface area (Å²) in [5, 5.41) is 5.32. The van der Waals surface area contributed by atoms with Crippen LogP contribution in [0.25, 0.3) is 0 Å². The predicted molar refractivity (Wildman–Crippen MR) is 99.4 cm³/mol. The molecule has 0 bridgehead atoms. The normalized spacial score (nSPS) is 10.0. The maximum absolute atomic E-state index is 12.2. The molecule has 2 N–H and O–H groups in total. The van der Waals surface area contributed by atoms with Gasteiger partial charge in [-0.05, 0) is 19.1 Å². The molecule has 0 spiro atoms. The van der Waals surface area contributed by atoms with Crippen molar-refractivity contribution in [1.29, 1.82) is 0 Å². The smallest absolute Gasteiger partial charge is 0.314 e. The van der Waals surface area contributed by atoms with E-state index in [-0.39, 0.29) is 5.69 Å². The van der Waals surface area contributed by atoms with Gasteiger partial charge in [-0.15, -0.1) is 0 Å². The zero-order valence-electron chi connectivity index (χ0n) is 14.6. The molecule has 8 heteroatoms. The van der Waals surface area contributed by atoms with Crippen molar-refractivity contribution in [2.75, 3.05) is 31.5 Å². The van der Waals surface area contributed by atoms with Crippen LogP contribution in [0.15, 0.2) is 36.4 Å². The first-order valence-corrected chi connectivity index (χ1v) is 8.13. The van der Waals surface area contributed by atoms with Gasteiger partial charge in [-0.1, -0.05) is 23.7 Å². The van der Waals surface area contributed by atoms with Crippen molar-refractivity contribution in [3.63, 3.8) is 0 Å². The van der Waals surface area contributed by atoms with E-state index in [9.17, 15) is 9.59 Å². The molecule has 26 heavy (non-hydrogen) atoms. The molecule has 2 aromatic rings. The van der Waals surface area contributed by atoms with Gasteiger partial charge in [0.05, 0.1) is 37.2 Å². The number of amides is 2. The topological polar surface area (TPSA) is 85.9 Å². The molecule has 0 aliphatic carbocycles. The average molecular weight is 379 g/mol. The number of methoxy groups -OCH3 is 2. The summed E-state index contributed by atoms with van der Waals surface area (Å²) in [4.78, 5) is 24.5. The van der Waals surface area contributed by atoms with Crippen LogP contribution in [0.3, 0.4) is 0 Å². The highest BCUT2D eigenvalue weighted by Gasteiger charge is 2.19. The van der Waals surface area contributed by atoms with Crippen molar-refractivity contribution in [3.05, 3.63) is 41.4 Å². The van der Waals surface area contributed by atoms with E-state index in [2.05, 4.69) is 10.6 Å². The van der Waals surface area contributed by atoms with E-state index >= 15 is 0 Å². The number of para-hydroxylation sites is 2. The molecule has 2 aromatic carbocycles. The average Bonchev–Trinajstić information content (AvgIpc) is 2.64. The Morgan fingerprint density at radius 2 is 1.54 bits per heavy atom. The Labute approximate surface area is 156 Å². The molecule has 0 unspecified atom stereocenters. The number of nitrogens with one attached hydrogen (secondary N) is 2. The largest absolute Gasteiger partial charge is 0.495 e. The van der Waals surface area contributed by atoms with Crippen LogP contribution in [0, 0.1) is 0 Å². The molecule has 138 valence electrons. The van der Waals surface area contributed by atoms with Crippen LogP contribution >= 0.6 is 11.6 Å². The molecule has 0 aromatic heterocycles. The quantitative estimate of drug-likeness (QED) is 0.753. The maximum Gasteiger partial charge on any atom is 0.314 e. The van der Waals surface area contributed by atoms with Crippen LogP contribution < -0.4 is 24.8 Å². The number of carbonyl (C=O) groups excluding carboxylic acids is 2. The first-order chi connectivity index (χ1) is 12.5. The van der Waals surface area contributed by atoms with Crippen molar-refractivity contribution in [3.8, 4) is 17.2 Å². The number of hydrogen-bond donors (Lipinski definition) is 2. The molecule has 0 radical (unpaired) electrons. The van der Waals surface area contributed by atoms with Gasteiger partial charge in [-0.25, -0.2) is 0 Å². The highest BCUT2D eigenvalue weighted by molar-refractivity contribution is 6.44. The summed E-state index contributed by atoms with van der Waals surface area (Å²) >= 11 is 6.02. The Hall–Kier alpha value is -2.93. The summed E-state index contributed by atoms with van der Waals surface area (Å²) in [6.45, 7) is 2.26. The van der Waals surface area contributed by atoms with Crippen LogP contribution in [0.2, 0.25) is 5.02 Å². The standard InChI is InChI=1S/C18H19ClN2O5/c1-4-26-14-8-6-5-7-12(14)20-17(22)18(23)21-13-10-15(24-2)11(19)9-16(13)25-3/h5-10H,4H2,1-3H3,(H,20,22)(H,21,23). The third-order valence-corrected chi connectivity index (χ3v) is 3.66. The number of ether oxygens (including phenoxy) is 3. The number of rotatable bonds is 6. The number of hydrogen-bond acceptors (Lipinski definition) is 5. The molecule has 0 heterocycles. The van der Waals surface area contributed by atoms with Gasteiger partial charge in [0.15, 0.2) is 0 Å². The van der Waals surface area contributed by atoms with Crippen molar-refractivity contribution < 1.29 is 23.8 Å². The fourth-order valence-corrected chi connectivity index (χ4v) is 2.40. The van der Waals surface area contributed by atoms with Gasteiger partial charge in [0.25, 0.3) is 0 Å². The minimum Gasteiger partial charge on any atom is -0.495 e. The summed E-state index contributed by atoms with van der Waals surface area (Å²) in [7, 11) is 2.86. The molecule has 2 rings (SSSR count). The lowest BCUT2D eigenvalue weighted by molar-refractivity contribution is -0.133. The summed E-state index contributed by atoms with van der Waals surface area (Å²) < 4.78 is 15.7. The van der Waals surface area contributed by atoms with Gasteiger partial charge < -0.3 is 24.8 Å². The van der Waals surface area contributed by atoms with E-state index in [1.807, 2.05) is 6.92 Å². The predicted octanol–water partition coefficient (Wildman–Crippen LogP) is 3.33. The van der Waals surface area contributed by atoms with E-state index in [0.717, 1.165) is 0 Å². The molecule has 0 aliphatic rings. The molecule has 2 amide bonds. The molecule has 0 aliphatic heterocycles. The minimum absolute atomic E-state index is 0.256. The second-order valence-corrected chi connectivity index (χ2v) is 5.43. The lowest BCUT2D eigenvalue weighted by atomic mass is 10.2. The second-order valence-electron chi connectivity index (χ2n) is 5.02. The van der Waals surface area contributed by atoms with E-state index in [0.29, 0.717) is 34.6 Å². The van der Waals surface area contributed by atoms with Crippen molar-refractivity contribution in [2.45, 2.75) is 6.92 Å². The fourth-order valence-electron chi connectivity index (χ4n) is 2.17. The summed E-state index contributed by atoms with van der Waals surface area (Å²) in [6.07, 6.45) is 0. The number of carbonyl (C=O) groups is 2. The molecule has 0 fully saturated rings. The maximum atomic E-state index is 12.2. The van der Waals surface area contributed by atoms with Gasteiger partial charge in [0.2, 0.25) is 0 Å². The van der Waals surface area contributed by atoms with Gasteiger partial charge in [0, 0.05) is 12.1 Å². The van der Waals surface area contributed by atoms with Crippen molar-refractivity contribution in [1.82, 2.24) is 0 Å². The van der Waals surface area contributed by atoms with Crippen molar-refractivity contribution >= 4 is 34.8 Å². The van der Waals surface area contributed by atoms with E-state index in [1.165, 1.54) is 26.4 Å². The lowest BCUT2D eigenvalue weighted by Crippen LogP contribution is -2.29. The van der Waals surface area contributed by atoms with Gasteiger partial charge in [-0.3, -0.25) is 9.59 Å². The summed E-state index contributed by atoms with van der Waals surface area (Å²) in [5.41, 5.74) is 0.655. The van der Waals surface area contributed by atoms with Crippen LogP contribution in [0.1, 0.15) is 6.92 Å². The third-order valence-electron chi connectivity index (χ3n) is 3.36. The number of benzene rings is 2. The summed E-state index contributed by atoms with van der Waals surface area (Å²) in [6, 6.07) is 9.79. The molecular formula is C18H19ClN2O5. The highest BCUT2D eigenvalue weighted by Crippen LogP contribution is 2.35. The Bertz CT molecular complexity index is 810. The Balaban J connectivity index is 2.16. The monoisotopic (exact) mass is 378 g/mol. The molecule has 0 atom stereocenters. The Kier molecular flexibility index (Phi) is 6.68. The molecule has 0 saturated carbocycles. The third kappa shape index (κ3) is 4.58. The molecule has 7 nitrogen and oxygen atoms in total. The van der Waals surface area contributed by atoms with E-state index in [1.54, 1.807) is 24.3 Å². The second kappa shape index (κ2) is 8.96. The van der Waals surface area contributed by atoms with Crippen LogP contribution in [-0.4, -0.2) is 32.6 Å². The lowest BCUT2D eigenvalue weighted by Gasteiger charge is -2.14. The van der Waals surface area contributed by atoms with Crippen LogP contribution in [-0.2, 0) is 9.59 Å². The van der Waals surface area contributed by atoms with Gasteiger partial charge >= 0.3 is 11.8 Å². The zero-order valence-corrected chi connectivity index (χ0v) is 15.3. The minimum atomic E-state index is -0.876. The van der Waals surface area contributed by atoms with E-state index < -0.39 is 11.8 Å². The number of anilines is 2. The Morgan fingerprint density at radius 1 is 0.923 bits per heavy atom. The first-order valence-electron chi connectivity index (χ1n) is 7.75. The molecule has 0 saturated heterocycles. The number of halogens is 1. The van der Waals surface area contributed by atoms with Gasteiger partial charge in [0.1, 0.15) is 17.2 Å².